The second-order valence-corrected chi connectivity index (χ2v) is 6.89. The molecular weight excluding hydrogens is 292 g/mol. The molecule has 1 atom stereocenters. The van der Waals surface area contributed by atoms with E-state index in [4.69, 9.17) is 5.73 Å². The summed E-state index contributed by atoms with van der Waals surface area (Å²) in [5, 5.41) is 1.17. The fourth-order valence-corrected chi connectivity index (χ4v) is 3.44. The minimum absolute atomic E-state index is 0.0517. The summed E-state index contributed by atoms with van der Waals surface area (Å²) in [6.07, 6.45) is 0.926. The van der Waals surface area contributed by atoms with Crippen molar-refractivity contribution in [3.8, 4) is 0 Å². The number of carbonyl (C=O) groups excluding carboxylic acids is 2. The van der Waals surface area contributed by atoms with Gasteiger partial charge in [0.25, 0.3) is 0 Å². The molecule has 116 valence electrons. The summed E-state index contributed by atoms with van der Waals surface area (Å²) < 4.78 is 23.9. The number of hydrogen-bond donors (Lipinski definition) is 2. The first kappa shape index (κ1) is 17.2. The number of aryl methyl sites for hydroxylation is 1. The quantitative estimate of drug-likeness (QED) is 0.779. The van der Waals surface area contributed by atoms with Gasteiger partial charge in [0.15, 0.2) is 9.84 Å². The lowest BCUT2D eigenvalue weighted by atomic mass is 10.1. The van der Waals surface area contributed by atoms with Crippen molar-refractivity contribution in [3.63, 3.8) is 0 Å². The molecule has 21 heavy (non-hydrogen) atoms. The molecule has 0 fully saturated rings. The third kappa shape index (κ3) is 4.86. The van der Waals surface area contributed by atoms with Crippen molar-refractivity contribution in [2.24, 2.45) is 5.73 Å². The lowest BCUT2D eigenvalue weighted by Crippen LogP contribution is -2.39. The van der Waals surface area contributed by atoms with Crippen molar-refractivity contribution in [2.45, 2.75) is 31.9 Å². The number of anilines is 1. The van der Waals surface area contributed by atoms with E-state index >= 15 is 0 Å². The standard InChI is InChI=1S/C14H20N2O4S/c1-3-10-5-7-11(8-6-10)16-13(17)9-21(19,20)12(4-2)14(15)18/h5-8,12H,3-4,9H2,1-2H3,(H2,15,18)(H,16,17). The zero-order chi connectivity index (χ0) is 16.0. The number of amides is 2. The minimum atomic E-state index is -3.89. The molecule has 0 aliphatic rings. The van der Waals surface area contributed by atoms with Gasteiger partial charge in [-0.2, -0.15) is 0 Å². The third-order valence-corrected chi connectivity index (χ3v) is 5.20. The van der Waals surface area contributed by atoms with Gasteiger partial charge in [-0.15, -0.1) is 0 Å². The van der Waals surface area contributed by atoms with Crippen LogP contribution < -0.4 is 11.1 Å². The van der Waals surface area contributed by atoms with Crippen LogP contribution in [0.15, 0.2) is 24.3 Å². The SMILES string of the molecule is CCc1ccc(NC(=O)CS(=O)(=O)C(CC)C(N)=O)cc1. The number of hydrogen-bond acceptors (Lipinski definition) is 4. The maximum absolute atomic E-state index is 11.9. The van der Waals surface area contributed by atoms with Crippen LogP contribution in [0.1, 0.15) is 25.8 Å². The van der Waals surface area contributed by atoms with Crippen LogP contribution in [0.2, 0.25) is 0 Å². The highest BCUT2D eigenvalue weighted by Crippen LogP contribution is 2.11. The molecule has 1 aromatic carbocycles. The number of rotatable bonds is 7. The Morgan fingerprint density at radius 1 is 1.19 bits per heavy atom. The van der Waals surface area contributed by atoms with Crippen molar-refractivity contribution in [1.29, 1.82) is 0 Å². The molecule has 3 N–H and O–H groups in total. The van der Waals surface area contributed by atoms with Crippen LogP contribution in [0.4, 0.5) is 5.69 Å². The number of primary amides is 1. The smallest absolute Gasteiger partial charge is 0.239 e. The van der Waals surface area contributed by atoms with E-state index in [1.807, 2.05) is 19.1 Å². The third-order valence-electron chi connectivity index (χ3n) is 3.10. The molecule has 0 aliphatic heterocycles. The highest BCUT2D eigenvalue weighted by molar-refractivity contribution is 7.93. The normalized spacial score (nSPS) is 12.7. The number of sulfone groups is 1. The van der Waals surface area contributed by atoms with Crippen molar-refractivity contribution >= 4 is 27.3 Å². The van der Waals surface area contributed by atoms with E-state index in [0.29, 0.717) is 5.69 Å². The molecule has 6 nitrogen and oxygen atoms in total. The highest BCUT2D eigenvalue weighted by Gasteiger charge is 2.31. The first-order valence-corrected chi connectivity index (χ1v) is 8.41. The predicted molar refractivity (Wildman–Crippen MR) is 81.5 cm³/mol. The Bertz CT molecular complexity index is 608. The van der Waals surface area contributed by atoms with Gasteiger partial charge < -0.3 is 11.1 Å². The number of benzene rings is 1. The van der Waals surface area contributed by atoms with Crippen LogP contribution in [-0.2, 0) is 25.8 Å². The average Bonchev–Trinajstić information content (AvgIpc) is 2.38. The summed E-state index contributed by atoms with van der Waals surface area (Å²) in [7, 11) is -3.89. The van der Waals surface area contributed by atoms with Crippen LogP contribution in [0.25, 0.3) is 0 Å². The maximum Gasteiger partial charge on any atom is 0.239 e. The molecule has 1 unspecified atom stereocenters. The number of carbonyl (C=O) groups is 2. The molecule has 0 heterocycles. The molecule has 0 bridgehead atoms. The molecule has 0 spiro atoms. The van der Waals surface area contributed by atoms with E-state index in [1.54, 1.807) is 12.1 Å². The Morgan fingerprint density at radius 2 is 1.76 bits per heavy atom. The van der Waals surface area contributed by atoms with Crippen molar-refractivity contribution in [2.75, 3.05) is 11.1 Å². The molecule has 0 aromatic heterocycles. The molecule has 1 aromatic rings. The summed E-state index contributed by atoms with van der Waals surface area (Å²) in [6.45, 7) is 3.54. The first-order valence-electron chi connectivity index (χ1n) is 6.69. The molecular formula is C14H20N2O4S. The van der Waals surface area contributed by atoms with Gasteiger partial charge in [0.1, 0.15) is 11.0 Å². The molecule has 0 saturated carbocycles. The van der Waals surface area contributed by atoms with Gasteiger partial charge in [-0.1, -0.05) is 26.0 Å². The molecule has 0 aliphatic carbocycles. The largest absolute Gasteiger partial charge is 0.369 e. The average molecular weight is 312 g/mol. The number of nitrogens with two attached hydrogens (primary N) is 1. The predicted octanol–water partition coefficient (Wildman–Crippen LogP) is 0.866. The second-order valence-electron chi connectivity index (χ2n) is 4.71. The van der Waals surface area contributed by atoms with Crippen LogP contribution >= 0.6 is 0 Å². The summed E-state index contributed by atoms with van der Waals surface area (Å²) in [4.78, 5) is 22.9. The van der Waals surface area contributed by atoms with Crippen LogP contribution in [0.5, 0.6) is 0 Å². The van der Waals surface area contributed by atoms with Crippen molar-refractivity contribution in [1.82, 2.24) is 0 Å². The summed E-state index contributed by atoms with van der Waals surface area (Å²) in [5.74, 6) is -2.37. The number of nitrogens with one attached hydrogen (secondary N) is 1. The van der Waals surface area contributed by atoms with E-state index < -0.39 is 32.7 Å². The van der Waals surface area contributed by atoms with E-state index in [2.05, 4.69) is 5.32 Å². The topological polar surface area (TPSA) is 106 Å². The van der Waals surface area contributed by atoms with E-state index in [9.17, 15) is 18.0 Å². The van der Waals surface area contributed by atoms with E-state index in [1.165, 1.54) is 6.92 Å². The van der Waals surface area contributed by atoms with E-state index in [-0.39, 0.29) is 6.42 Å². The van der Waals surface area contributed by atoms with Gasteiger partial charge in [-0.05, 0) is 30.5 Å². The van der Waals surface area contributed by atoms with Crippen molar-refractivity contribution in [3.05, 3.63) is 29.8 Å². The lowest BCUT2D eigenvalue weighted by Gasteiger charge is -2.12. The van der Waals surface area contributed by atoms with Crippen LogP contribution in [0, 0.1) is 0 Å². The Labute approximate surface area is 124 Å². The Morgan fingerprint density at radius 3 is 2.19 bits per heavy atom. The van der Waals surface area contributed by atoms with Crippen LogP contribution in [-0.4, -0.2) is 31.2 Å². The monoisotopic (exact) mass is 312 g/mol. The van der Waals surface area contributed by atoms with Gasteiger partial charge in [-0.25, -0.2) is 8.42 Å². The van der Waals surface area contributed by atoms with Gasteiger partial charge in [0.2, 0.25) is 11.8 Å². The Kier molecular flexibility index (Phi) is 5.90. The van der Waals surface area contributed by atoms with Gasteiger partial charge in [0.05, 0.1) is 0 Å². The maximum atomic E-state index is 11.9. The Hall–Kier alpha value is -1.89. The molecule has 0 saturated heterocycles. The summed E-state index contributed by atoms with van der Waals surface area (Å²) in [5.41, 5.74) is 6.67. The van der Waals surface area contributed by atoms with Crippen LogP contribution in [0.3, 0.4) is 0 Å². The van der Waals surface area contributed by atoms with Gasteiger partial charge in [-0.3, -0.25) is 9.59 Å². The van der Waals surface area contributed by atoms with Gasteiger partial charge in [0, 0.05) is 5.69 Å². The summed E-state index contributed by atoms with van der Waals surface area (Å²) in [6, 6.07) is 7.11. The molecule has 7 heteroatoms. The zero-order valence-electron chi connectivity index (χ0n) is 12.1. The highest BCUT2D eigenvalue weighted by atomic mass is 32.2. The van der Waals surface area contributed by atoms with E-state index in [0.717, 1.165) is 12.0 Å². The molecule has 0 radical (unpaired) electrons. The summed E-state index contributed by atoms with van der Waals surface area (Å²) >= 11 is 0. The first-order chi connectivity index (χ1) is 9.80. The fraction of sp³-hybridized carbons (Fsp3) is 0.429. The van der Waals surface area contributed by atoms with Gasteiger partial charge >= 0.3 is 0 Å². The van der Waals surface area contributed by atoms with Crippen molar-refractivity contribution < 1.29 is 18.0 Å². The molecule has 2 amide bonds. The minimum Gasteiger partial charge on any atom is -0.369 e. The Balaban J connectivity index is 2.74. The molecule has 1 rings (SSSR count). The second kappa shape index (κ2) is 7.21. The lowest BCUT2D eigenvalue weighted by molar-refractivity contribution is -0.117. The fourth-order valence-electron chi connectivity index (χ4n) is 1.94. The zero-order valence-corrected chi connectivity index (χ0v) is 12.9.